The topological polar surface area (TPSA) is 23.5 Å². The summed E-state index contributed by atoms with van der Waals surface area (Å²) in [4.78, 5) is 0. The fraction of sp³-hybridized carbons (Fsp3) is 0.200. The Morgan fingerprint density at radius 3 is 2.58 bits per heavy atom. The molecule has 0 heterocycles. The molecule has 0 saturated heterocycles. The van der Waals surface area contributed by atoms with Crippen molar-refractivity contribution in [1.82, 2.24) is 5.06 Å². The molecule has 0 amide bonds. The van der Waals surface area contributed by atoms with E-state index in [0.29, 0.717) is 6.54 Å². The molecular weight excluding hydrogens is 150 g/mol. The van der Waals surface area contributed by atoms with E-state index in [2.05, 4.69) is 0 Å². The van der Waals surface area contributed by atoms with Gasteiger partial charge in [0.1, 0.15) is 0 Å². The van der Waals surface area contributed by atoms with Crippen molar-refractivity contribution < 1.29 is 5.21 Å². The molecule has 2 heteroatoms. The van der Waals surface area contributed by atoms with E-state index in [9.17, 15) is 0 Å². The van der Waals surface area contributed by atoms with Crippen LogP contribution in [0.15, 0.2) is 36.4 Å². The first-order valence-electron chi connectivity index (χ1n) is 3.90. The number of nitrogens with zero attached hydrogens (tertiary/aromatic N) is 1. The monoisotopic (exact) mass is 163 g/mol. The zero-order chi connectivity index (χ0) is 8.81. The van der Waals surface area contributed by atoms with Gasteiger partial charge < -0.3 is 5.21 Å². The second kappa shape index (κ2) is 4.70. The van der Waals surface area contributed by atoms with E-state index in [0.717, 1.165) is 10.6 Å². The normalized spacial score (nSPS) is 11.2. The highest BCUT2D eigenvalue weighted by Crippen LogP contribution is 2.00. The maximum Gasteiger partial charge on any atom is 0.0419 e. The van der Waals surface area contributed by atoms with Crippen LogP contribution >= 0.6 is 0 Å². The Kier molecular flexibility index (Phi) is 3.51. The highest BCUT2D eigenvalue weighted by Gasteiger charge is 1.85. The van der Waals surface area contributed by atoms with Gasteiger partial charge in [0, 0.05) is 13.6 Å². The van der Waals surface area contributed by atoms with Crippen LogP contribution in [0, 0.1) is 0 Å². The van der Waals surface area contributed by atoms with Gasteiger partial charge in [0.25, 0.3) is 0 Å². The quantitative estimate of drug-likeness (QED) is 0.689. The molecule has 0 atom stereocenters. The zero-order valence-corrected chi connectivity index (χ0v) is 7.14. The lowest BCUT2D eigenvalue weighted by atomic mass is 10.2. The Balaban J connectivity index is 2.47. The van der Waals surface area contributed by atoms with E-state index in [1.54, 1.807) is 7.05 Å². The smallest absolute Gasteiger partial charge is 0.0419 e. The van der Waals surface area contributed by atoms with Gasteiger partial charge in [-0.15, -0.1) is 0 Å². The highest BCUT2D eigenvalue weighted by molar-refractivity contribution is 5.48. The first-order valence-corrected chi connectivity index (χ1v) is 3.90. The molecule has 0 aliphatic carbocycles. The zero-order valence-electron chi connectivity index (χ0n) is 7.14. The van der Waals surface area contributed by atoms with Gasteiger partial charge in [-0.3, -0.25) is 0 Å². The van der Waals surface area contributed by atoms with Crippen molar-refractivity contribution >= 4 is 6.08 Å². The third kappa shape index (κ3) is 3.32. The van der Waals surface area contributed by atoms with Crippen molar-refractivity contribution in [3.05, 3.63) is 42.0 Å². The molecule has 2 nitrogen and oxygen atoms in total. The van der Waals surface area contributed by atoms with E-state index in [4.69, 9.17) is 5.21 Å². The average molecular weight is 163 g/mol. The van der Waals surface area contributed by atoms with Crippen LogP contribution in [0.2, 0.25) is 0 Å². The Morgan fingerprint density at radius 1 is 1.33 bits per heavy atom. The minimum absolute atomic E-state index is 0.550. The Labute approximate surface area is 72.7 Å². The van der Waals surface area contributed by atoms with Crippen molar-refractivity contribution in [2.75, 3.05) is 13.6 Å². The molecule has 1 N–H and O–H groups in total. The van der Waals surface area contributed by atoms with Gasteiger partial charge in [-0.25, -0.2) is 0 Å². The molecule has 0 aromatic heterocycles. The van der Waals surface area contributed by atoms with Gasteiger partial charge in [0.15, 0.2) is 0 Å². The maximum absolute atomic E-state index is 8.81. The van der Waals surface area contributed by atoms with Crippen LogP contribution in [-0.4, -0.2) is 23.9 Å². The number of benzene rings is 1. The number of hydrogen-bond donors (Lipinski definition) is 1. The molecule has 0 radical (unpaired) electrons. The summed E-state index contributed by atoms with van der Waals surface area (Å²) in [7, 11) is 1.62. The molecule has 0 unspecified atom stereocenters. The van der Waals surface area contributed by atoms with Crippen LogP contribution in [0.1, 0.15) is 5.56 Å². The SMILES string of the molecule is CN(O)C/C=C/c1ccccc1. The van der Waals surface area contributed by atoms with E-state index in [1.165, 1.54) is 0 Å². The fourth-order valence-electron chi connectivity index (χ4n) is 0.905. The molecule has 0 spiro atoms. The molecule has 64 valence electrons. The summed E-state index contributed by atoms with van der Waals surface area (Å²) >= 11 is 0. The maximum atomic E-state index is 8.81. The van der Waals surface area contributed by atoms with Crippen molar-refractivity contribution in [2.45, 2.75) is 0 Å². The Hall–Kier alpha value is -1.12. The van der Waals surface area contributed by atoms with E-state index in [1.807, 2.05) is 42.5 Å². The highest BCUT2D eigenvalue weighted by atomic mass is 16.5. The van der Waals surface area contributed by atoms with E-state index < -0.39 is 0 Å². The van der Waals surface area contributed by atoms with Crippen LogP contribution < -0.4 is 0 Å². The van der Waals surface area contributed by atoms with Crippen molar-refractivity contribution in [2.24, 2.45) is 0 Å². The number of rotatable bonds is 3. The van der Waals surface area contributed by atoms with Crippen molar-refractivity contribution in [1.29, 1.82) is 0 Å². The Morgan fingerprint density at radius 2 is 2.00 bits per heavy atom. The summed E-state index contributed by atoms with van der Waals surface area (Å²) < 4.78 is 0. The van der Waals surface area contributed by atoms with Crippen LogP contribution in [0.5, 0.6) is 0 Å². The summed E-state index contributed by atoms with van der Waals surface area (Å²) in [5.74, 6) is 0. The summed E-state index contributed by atoms with van der Waals surface area (Å²) in [5.41, 5.74) is 1.15. The molecular formula is C10H13NO. The standard InChI is InChI=1S/C10H13NO/c1-11(12)9-5-8-10-6-3-2-4-7-10/h2-8,12H,9H2,1H3/b8-5+. The summed E-state index contributed by atoms with van der Waals surface area (Å²) in [6.07, 6.45) is 3.89. The van der Waals surface area contributed by atoms with E-state index >= 15 is 0 Å². The summed E-state index contributed by atoms with van der Waals surface area (Å²) in [5, 5.41) is 9.95. The summed E-state index contributed by atoms with van der Waals surface area (Å²) in [6, 6.07) is 10.0. The lowest BCUT2D eigenvalue weighted by Gasteiger charge is -2.01. The molecule has 1 aromatic rings. The first-order chi connectivity index (χ1) is 5.79. The minimum Gasteiger partial charge on any atom is -0.314 e. The molecule has 1 rings (SSSR count). The van der Waals surface area contributed by atoms with Gasteiger partial charge in [-0.2, -0.15) is 5.06 Å². The molecule has 0 bridgehead atoms. The van der Waals surface area contributed by atoms with Gasteiger partial charge in [0.2, 0.25) is 0 Å². The average Bonchev–Trinajstić information content (AvgIpc) is 2.05. The largest absolute Gasteiger partial charge is 0.314 e. The predicted octanol–water partition coefficient (Wildman–Crippen LogP) is 2.02. The van der Waals surface area contributed by atoms with Crippen molar-refractivity contribution in [3.63, 3.8) is 0 Å². The van der Waals surface area contributed by atoms with Gasteiger partial charge >= 0.3 is 0 Å². The Bertz CT molecular complexity index is 241. The fourth-order valence-corrected chi connectivity index (χ4v) is 0.905. The molecule has 0 aliphatic rings. The van der Waals surface area contributed by atoms with E-state index in [-0.39, 0.29) is 0 Å². The minimum atomic E-state index is 0.550. The van der Waals surface area contributed by atoms with Crippen molar-refractivity contribution in [3.8, 4) is 0 Å². The summed E-state index contributed by atoms with van der Waals surface area (Å²) in [6.45, 7) is 0.550. The van der Waals surface area contributed by atoms with Gasteiger partial charge in [-0.05, 0) is 5.56 Å². The molecule has 0 aliphatic heterocycles. The van der Waals surface area contributed by atoms with Gasteiger partial charge in [0.05, 0.1) is 0 Å². The third-order valence-corrected chi connectivity index (χ3v) is 1.48. The van der Waals surface area contributed by atoms with Crippen LogP contribution in [-0.2, 0) is 0 Å². The second-order valence-electron chi connectivity index (χ2n) is 2.65. The van der Waals surface area contributed by atoms with Gasteiger partial charge in [-0.1, -0.05) is 42.5 Å². The predicted molar refractivity (Wildman–Crippen MR) is 49.9 cm³/mol. The molecule has 1 aromatic carbocycles. The van der Waals surface area contributed by atoms with Crippen LogP contribution in [0.25, 0.3) is 6.08 Å². The third-order valence-electron chi connectivity index (χ3n) is 1.48. The lowest BCUT2D eigenvalue weighted by Crippen LogP contribution is -2.11. The number of likely N-dealkylation sites (N-methyl/N-ethyl adjacent to an activating group) is 1. The molecule has 12 heavy (non-hydrogen) atoms. The molecule has 0 saturated carbocycles. The van der Waals surface area contributed by atoms with Crippen LogP contribution in [0.4, 0.5) is 0 Å². The number of hydroxylamine groups is 2. The second-order valence-corrected chi connectivity index (χ2v) is 2.65. The number of hydrogen-bond acceptors (Lipinski definition) is 2. The molecule has 0 fully saturated rings. The van der Waals surface area contributed by atoms with Crippen LogP contribution in [0.3, 0.4) is 0 Å². The first kappa shape index (κ1) is 8.97. The lowest BCUT2D eigenvalue weighted by molar-refractivity contribution is -0.0532.